The zero-order chi connectivity index (χ0) is 12.5. The summed E-state index contributed by atoms with van der Waals surface area (Å²) in [5, 5.41) is 0. The highest BCUT2D eigenvalue weighted by Gasteiger charge is 2.37. The van der Waals surface area contributed by atoms with Crippen molar-refractivity contribution >= 4 is 0 Å². The second kappa shape index (κ2) is 4.79. The molecule has 2 rings (SSSR count). The third-order valence-electron chi connectivity index (χ3n) is 3.80. The van der Waals surface area contributed by atoms with Gasteiger partial charge in [-0.15, -0.1) is 0 Å². The number of hydrogen-bond donors (Lipinski definition) is 1. The zero-order valence-electron chi connectivity index (χ0n) is 11.2. The lowest BCUT2D eigenvalue weighted by Gasteiger charge is -2.29. The molecule has 1 aliphatic heterocycles. The Bertz CT molecular complexity index is 353. The van der Waals surface area contributed by atoms with E-state index < -0.39 is 0 Å². The summed E-state index contributed by atoms with van der Waals surface area (Å²) in [7, 11) is 0. The van der Waals surface area contributed by atoms with Crippen LogP contribution in [0.2, 0.25) is 0 Å². The molecule has 0 saturated carbocycles. The van der Waals surface area contributed by atoms with Crippen molar-refractivity contribution in [3.8, 4) is 0 Å². The highest BCUT2D eigenvalue weighted by Crippen LogP contribution is 2.33. The highest BCUT2D eigenvalue weighted by atomic mass is 15.2. The number of likely N-dealkylation sites (tertiary alicyclic amines) is 1. The van der Waals surface area contributed by atoms with Crippen molar-refractivity contribution in [2.24, 2.45) is 17.1 Å². The van der Waals surface area contributed by atoms with Gasteiger partial charge in [0, 0.05) is 25.7 Å². The molecule has 0 spiro atoms. The molecule has 1 fully saturated rings. The minimum absolute atomic E-state index is 0.310. The monoisotopic (exact) mass is 232 g/mol. The van der Waals surface area contributed by atoms with Crippen LogP contribution in [0.5, 0.6) is 0 Å². The van der Waals surface area contributed by atoms with E-state index in [4.69, 9.17) is 5.73 Å². The van der Waals surface area contributed by atoms with Gasteiger partial charge >= 0.3 is 0 Å². The average molecular weight is 232 g/mol. The molecule has 2 atom stereocenters. The van der Waals surface area contributed by atoms with Crippen LogP contribution in [0.1, 0.15) is 26.3 Å². The molecule has 1 aliphatic rings. The standard InChI is InChI=1S/C15H24N2/c1-15(2,3)13-10-17(11-14(13)16)9-12-7-5-4-6-8-12/h4-8,13-14H,9-11,16H2,1-3H3/t13-,14+/m0/s1. The number of benzene rings is 1. The van der Waals surface area contributed by atoms with Crippen molar-refractivity contribution in [1.82, 2.24) is 4.90 Å². The van der Waals surface area contributed by atoms with Crippen molar-refractivity contribution in [2.45, 2.75) is 33.4 Å². The summed E-state index contributed by atoms with van der Waals surface area (Å²) in [6.07, 6.45) is 0. The SMILES string of the molecule is CC(C)(C)[C@H]1CN(Cc2ccccc2)C[C@H]1N. The molecule has 1 saturated heterocycles. The van der Waals surface area contributed by atoms with Crippen LogP contribution < -0.4 is 5.73 Å². The van der Waals surface area contributed by atoms with Crippen LogP contribution >= 0.6 is 0 Å². The first-order valence-corrected chi connectivity index (χ1v) is 6.48. The van der Waals surface area contributed by atoms with Gasteiger partial charge in [0.05, 0.1) is 0 Å². The van der Waals surface area contributed by atoms with Crippen LogP contribution in [0.3, 0.4) is 0 Å². The predicted octanol–water partition coefficient (Wildman–Crippen LogP) is 2.49. The fraction of sp³-hybridized carbons (Fsp3) is 0.600. The number of rotatable bonds is 2. The lowest BCUT2D eigenvalue weighted by molar-refractivity contribution is 0.217. The average Bonchev–Trinajstić information content (AvgIpc) is 2.60. The molecule has 1 aromatic carbocycles. The topological polar surface area (TPSA) is 29.3 Å². The first-order chi connectivity index (χ1) is 7.97. The quantitative estimate of drug-likeness (QED) is 0.849. The van der Waals surface area contributed by atoms with E-state index in [-0.39, 0.29) is 0 Å². The lowest BCUT2D eigenvalue weighted by Crippen LogP contribution is -2.36. The molecule has 1 aromatic rings. The molecule has 1 heterocycles. The van der Waals surface area contributed by atoms with Crippen LogP contribution in [0, 0.1) is 11.3 Å². The minimum atomic E-state index is 0.310. The molecule has 0 unspecified atom stereocenters. The van der Waals surface area contributed by atoms with Gasteiger partial charge in [-0.3, -0.25) is 4.90 Å². The fourth-order valence-electron chi connectivity index (χ4n) is 2.80. The molecule has 0 aromatic heterocycles. The first-order valence-electron chi connectivity index (χ1n) is 6.48. The maximum atomic E-state index is 6.27. The molecule has 17 heavy (non-hydrogen) atoms. The maximum absolute atomic E-state index is 6.27. The van der Waals surface area contributed by atoms with Gasteiger partial charge in [-0.05, 0) is 16.9 Å². The van der Waals surface area contributed by atoms with Gasteiger partial charge in [-0.1, -0.05) is 51.1 Å². The predicted molar refractivity (Wildman–Crippen MR) is 72.6 cm³/mol. The van der Waals surface area contributed by atoms with Crippen LogP contribution in [-0.4, -0.2) is 24.0 Å². The summed E-state index contributed by atoms with van der Waals surface area (Å²) < 4.78 is 0. The van der Waals surface area contributed by atoms with E-state index in [1.165, 1.54) is 5.56 Å². The second-order valence-corrected chi connectivity index (χ2v) is 6.32. The first kappa shape index (κ1) is 12.6. The highest BCUT2D eigenvalue weighted by molar-refractivity contribution is 5.15. The van der Waals surface area contributed by atoms with Gasteiger partial charge in [0.2, 0.25) is 0 Å². The third kappa shape index (κ3) is 3.08. The Morgan fingerprint density at radius 1 is 1.18 bits per heavy atom. The Labute approximate surface area is 105 Å². The van der Waals surface area contributed by atoms with Gasteiger partial charge in [0.1, 0.15) is 0 Å². The van der Waals surface area contributed by atoms with E-state index in [9.17, 15) is 0 Å². The Hall–Kier alpha value is -0.860. The van der Waals surface area contributed by atoms with E-state index >= 15 is 0 Å². The van der Waals surface area contributed by atoms with Crippen molar-refractivity contribution in [3.05, 3.63) is 35.9 Å². The smallest absolute Gasteiger partial charge is 0.0234 e. The van der Waals surface area contributed by atoms with Gasteiger partial charge in [-0.2, -0.15) is 0 Å². The minimum Gasteiger partial charge on any atom is -0.326 e. The second-order valence-electron chi connectivity index (χ2n) is 6.32. The molecule has 0 radical (unpaired) electrons. The Balaban J connectivity index is 1.98. The van der Waals surface area contributed by atoms with Crippen molar-refractivity contribution in [1.29, 1.82) is 0 Å². The molecule has 0 bridgehead atoms. The van der Waals surface area contributed by atoms with E-state index in [1.54, 1.807) is 0 Å². The largest absolute Gasteiger partial charge is 0.326 e. The number of nitrogens with zero attached hydrogens (tertiary/aromatic N) is 1. The van der Waals surface area contributed by atoms with Crippen molar-refractivity contribution in [3.63, 3.8) is 0 Å². The summed E-state index contributed by atoms with van der Waals surface area (Å²) in [5.41, 5.74) is 7.96. The van der Waals surface area contributed by atoms with Crippen molar-refractivity contribution in [2.75, 3.05) is 13.1 Å². The van der Waals surface area contributed by atoms with Gasteiger partial charge in [0.25, 0.3) is 0 Å². The molecule has 2 heteroatoms. The molecule has 2 nitrogen and oxygen atoms in total. The molecular formula is C15H24N2. The van der Waals surface area contributed by atoms with Gasteiger partial charge < -0.3 is 5.73 Å². The normalized spacial score (nSPS) is 26.4. The van der Waals surface area contributed by atoms with E-state index in [0.717, 1.165) is 19.6 Å². The number of hydrogen-bond acceptors (Lipinski definition) is 2. The van der Waals surface area contributed by atoms with Crippen LogP contribution in [0.15, 0.2) is 30.3 Å². The molecule has 94 valence electrons. The fourth-order valence-corrected chi connectivity index (χ4v) is 2.80. The van der Waals surface area contributed by atoms with E-state index in [0.29, 0.717) is 17.4 Å². The molecule has 2 N–H and O–H groups in total. The summed E-state index contributed by atoms with van der Waals surface area (Å²) in [6, 6.07) is 11.0. The van der Waals surface area contributed by atoms with Crippen LogP contribution in [0.4, 0.5) is 0 Å². The summed E-state index contributed by atoms with van der Waals surface area (Å²) in [5.74, 6) is 0.603. The van der Waals surface area contributed by atoms with Gasteiger partial charge in [-0.25, -0.2) is 0 Å². The van der Waals surface area contributed by atoms with Gasteiger partial charge in [0.15, 0.2) is 0 Å². The molecule has 0 amide bonds. The van der Waals surface area contributed by atoms with Crippen LogP contribution in [0.25, 0.3) is 0 Å². The lowest BCUT2D eigenvalue weighted by atomic mass is 9.78. The summed E-state index contributed by atoms with van der Waals surface area (Å²) in [4.78, 5) is 2.48. The molecule has 0 aliphatic carbocycles. The summed E-state index contributed by atoms with van der Waals surface area (Å²) in [6.45, 7) is 10.1. The van der Waals surface area contributed by atoms with E-state index in [2.05, 4.69) is 56.0 Å². The zero-order valence-corrected chi connectivity index (χ0v) is 11.2. The Morgan fingerprint density at radius 2 is 1.82 bits per heavy atom. The maximum Gasteiger partial charge on any atom is 0.0234 e. The Morgan fingerprint density at radius 3 is 2.35 bits per heavy atom. The number of nitrogens with two attached hydrogens (primary N) is 1. The third-order valence-corrected chi connectivity index (χ3v) is 3.80. The van der Waals surface area contributed by atoms with E-state index in [1.807, 2.05) is 0 Å². The van der Waals surface area contributed by atoms with Crippen LogP contribution in [-0.2, 0) is 6.54 Å². The summed E-state index contributed by atoms with van der Waals surface area (Å²) >= 11 is 0. The Kier molecular flexibility index (Phi) is 3.55. The molecular weight excluding hydrogens is 208 g/mol. The van der Waals surface area contributed by atoms with Crippen molar-refractivity contribution < 1.29 is 0 Å².